The number of hydrogen-bond donors (Lipinski definition) is 2. The Morgan fingerprint density at radius 2 is 1.82 bits per heavy atom. The van der Waals surface area contributed by atoms with Crippen molar-refractivity contribution in [1.82, 2.24) is 20.1 Å². The number of hydrogen-bond acceptors (Lipinski definition) is 7. The predicted molar refractivity (Wildman–Crippen MR) is 126 cm³/mol. The Hall–Kier alpha value is -2.50. The standard InChI is InChI=1S/C24H30N4O5S/c1-32-22-7-6-18(14-23(22)34(30,31)28-10-12-33-13-11-28)20-15-21(26-25-20)24(29)27-9-8-17-4-2-3-5-19(17)16-27/h2-7,14,20-21,25-26H,8-13,15-16H2,1H3. The van der Waals surface area contributed by atoms with Crippen molar-refractivity contribution in [2.45, 2.75) is 36.4 Å². The molecule has 3 aliphatic rings. The van der Waals surface area contributed by atoms with Crippen LogP contribution >= 0.6 is 0 Å². The Morgan fingerprint density at radius 3 is 2.59 bits per heavy atom. The number of morpholine rings is 1. The molecule has 0 spiro atoms. The van der Waals surface area contributed by atoms with E-state index in [4.69, 9.17) is 9.47 Å². The van der Waals surface area contributed by atoms with E-state index in [0.717, 1.165) is 12.0 Å². The number of rotatable bonds is 5. The summed E-state index contributed by atoms with van der Waals surface area (Å²) in [6, 6.07) is 12.8. The quantitative estimate of drug-likeness (QED) is 0.655. The molecule has 2 N–H and O–H groups in total. The van der Waals surface area contributed by atoms with Crippen LogP contribution in [0.4, 0.5) is 0 Å². The van der Waals surface area contributed by atoms with Gasteiger partial charge >= 0.3 is 0 Å². The molecule has 2 saturated heterocycles. The van der Waals surface area contributed by atoms with Crippen molar-refractivity contribution in [1.29, 1.82) is 0 Å². The average Bonchev–Trinajstić information content (AvgIpc) is 3.38. The summed E-state index contributed by atoms with van der Waals surface area (Å²) in [6.07, 6.45) is 1.38. The number of ether oxygens (including phenoxy) is 2. The minimum absolute atomic E-state index is 0.0548. The van der Waals surface area contributed by atoms with Gasteiger partial charge in [-0.2, -0.15) is 4.31 Å². The zero-order chi connectivity index (χ0) is 23.7. The maximum atomic E-state index is 13.3. The largest absolute Gasteiger partial charge is 0.495 e. The molecule has 0 saturated carbocycles. The molecule has 10 heteroatoms. The van der Waals surface area contributed by atoms with Gasteiger partial charge in [0.15, 0.2) is 0 Å². The normalized spacial score (nSPS) is 23.5. The fraction of sp³-hybridized carbons (Fsp3) is 0.458. The van der Waals surface area contributed by atoms with E-state index in [9.17, 15) is 13.2 Å². The molecule has 1 amide bonds. The van der Waals surface area contributed by atoms with Gasteiger partial charge in [-0.3, -0.25) is 4.79 Å². The Balaban J connectivity index is 1.31. The van der Waals surface area contributed by atoms with E-state index < -0.39 is 10.0 Å². The van der Waals surface area contributed by atoms with Gasteiger partial charge in [0.05, 0.1) is 20.3 Å². The summed E-state index contributed by atoms with van der Waals surface area (Å²) < 4.78 is 38.7. The van der Waals surface area contributed by atoms with Crippen LogP contribution in [0.2, 0.25) is 0 Å². The number of hydrazine groups is 1. The first kappa shape index (κ1) is 23.3. The van der Waals surface area contributed by atoms with E-state index in [-0.39, 0.29) is 22.9 Å². The van der Waals surface area contributed by atoms with Gasteiger partial charge in [-0.25, -0.2) is 19.3 Å². The van der Waals surface area contributed by atoms with Crippen molar-refractivity contribution < 1.29 is 22.7 Å². The first-order chi connectivity index (χ1) is 16.5. The lowest BCUT2D eigenvalue weighted by atomic mass is 9.98. The summed E-state index contributed by atoms with van der Waals surface area (Å²) in [5.74, 6) is 0.361. The van der Waals surface area contributed by atoms with Crippen molar-refractivity contribution in [3.63, 3.8) is 0 Å². The second-order valence-corrected chi connectivity index (χ2v) is 10.7. The van der Waals surface area contributed by atoms with Crippen molar-refractivity contribution in [2.24, 2.45) is 0 Å². The van der Waals surface area contributed by atoms with Gasteiger partial charge in [0, 0.05) is 32.2 Å². The number of methoxy groups -OCH3 is 1. The van der Waals surface area contributed by atoms with Crippen LogP contribution in [-0.4, -0.2) is 69.5 Å². The maximum Gasteiger partial charge on any atom is 0.246 e. The van der Waals surface area contributed by atoms with Crippen LogP contribution < -0.4 is 15.6 Å². The molecule has 3 heterocycles. The molecule has 182 valence electrons. The molecule has 34 heavy (non-hydrogen) atoms. The van der Waals surface area contributed by atoms with Gasteiger partial charge in [-0.05, 0) is 41.7 Å². The van der Waals surface area contributed by atoms with Gasteiger partial charge in [-0.15, -0.1) is 0 Å². The number of benzene rings is 2. The van der Waals surface area contributed by atoms with E-state index in [2.05, 4.69) is 23.0 Å². The fourth-order valence-corrected chi connectivity index (χ4v) is 6.48. The maximum absolute atomic E-state index is 13.3. The molecular formula is C24H30N4O5S. The van der Waals surface area contributed by atoms with Crippen LogP contribution in [0.5, 0.6) is 5.75 Å². The minimum Gasteiger partial charge on any atom is -0.495 e. The molecule has 0 bridgehead atoms. The zero-order valence-electron chi connectivity index (χ0n) is 19.2. The smallest absolute Gasteiger partial charge is 0.246 e. The lowest BCUT2D eigenvalue weighted by Gasteiger charge is -2.30. The predicted octanol–water partition coefficient (Wildman–Crippen LogP) is 1.21. The summed E-state index contributed by atoms with van der Waals surface area (Å²) in [5, 5.41) is 0. The lowest BCUT2D eigenvalue weighted by molar-refractivity contribution is -0.134. The zero-order valence-corrected chi connectivity index (χ0v) is 20.0. The van der Waals surface area contributed by atoms with Crippen LogP contribution in [0.1, 0.15) is 29.2 Å². The van der Waals surface area contributed by atoms with Crippen LogP contribution in [0, 0.1) is 0 Å². The highest BCUT2D eigenvalue weighted by Crippen LogP contribution is 2.33. The molecule has 5 rings (SSSR count). The highest BCUT2D eigenvalue weighted by molar-refractivity contribution is 7.89. The molecule has 0 radical (unpaired) electrons. The molecule has 2 aromatic rings. The summed E-state index contributed by atoms with van der Waals surface area (Å²) in [5.41, 5.74) is 9.60. The molecule has 2 aromatic carbocycles. The topological polar surface area (TPSA) is 100 Å². The van der Waals surface area contributed by atoms with Crippen molar-refractivity contribution in [2.75, 3.05) is 40.0 Å². The Labute approximate surface area is 200 Å². The number of carbonyl (C=O) groups is 1. The first-order valence-electron chi connectivity index (χ1n) is 11.6. The Kier molecular flexibility index (Phi) is 6.59. The minimum atomic E-state index is -3.73. The third kappa shape index (κ3) is 4.44. The fourth-order valence-electron chi connectivity index (χ4n) is 4.88. The van der Waals surface area contributed by atoms with Crippen LogP contribution in [0.25, 0.3) is 0 Å². The summed E-state index contributed by atoms with van der Waals surface area (Å²) in [6.45, 7) is 2.69. The van der Waals surface area contributed by atoms with Gasteiger partial charge in [0.1, 0.15) is 16.7 Å². The average molecular weight is 487 g/mol. The van der Waals surface area contributed by atoms with Crippen molar-refractivity contribution >= 4 is 15.9 Å². The van der Waals surface area contributed by atoms with E-state index >= 15 is 0 Å². The van der Waals surface area contributed by atoms with Crippen molar-refractivity contribution in [3.05, 3.63) is 59.2 Å². The highest BCUT2D eigenvalue weighted by atomic mass is 32.2. The van der Waals surface area contributed by atoms with Gasteiger partial charge < -0.3 is 14.4 Å². The number of nitrogens with one attached hydrogen (secondary N) is 2. The SMILES string of the molecule is COc1ccc(C2CC(C(=O)N3CCc4ccccc4C3)NN2)cc1S(=O)(=O)N1CCOCC1. The van der Waals surface area contributed by atoms with E-state index in [1.165, 1.54) is 22.5 Å². The number of carbonyl (C=O) groups excluding carboxylic acids is 1. The molecular weight excluding hydrogens is 456 g/mol. The molecule has 2 fully saturated rings. The molecule has 0 aromatic heterocycles. The number of amides is 1. The Bertz CT molecular complexity index is 1170. The number of sulfonamides is 1. The summed E-state index contributed by atoms with van der Waals surface area (Å²) in [4.78, 5) is 15.2. The second kappa shape index (κ2) is 9.63. The van der Waals surface area contributed by atoms with E-state index in [1.54, 1.807) is 12.1 Å². The second-order valence-electron chi connectivity index (χ2n) is 8.83. The van der Waals surface area contributed by atoms with Gasteiger partial charge in [0.2, 0.25) is 15.9 Å². The third-order valence-electron chi connectivity index (χ3n) is 6.82. The first-order valence-corrected chi connectivity index (χ1v) is 13.0. The summed E-state index contributed by atoms with van der Waals surface area (Å²) in [7, 11) is -2.26. The third-order valence-corrected chi connectivity index (χ3v) is 8.74. The van der Waals surface area contributed by atoms with Gasteiger partial charge in [-0.1, -0.05) is 30.3 Å². The van der Waals surface area contributed by atoms with E-state index in [0.29, 0.717) is 51.6 Å². The van der Waals surface area contributed by atoms with Gasteiger partial charge in [0.25, 0.3) is 0 Å². The van der Waals surface area contributed by atoms with E-state index in [1.807, 2.05) is 23.1 Å². The molecule has 3 aliphatic heterocycles. The number of fused-ring (bicyclic) bond motifs is 1. The molecule has 2 unspecified atom stereocenters. The lowest BCUT2D eigenvalue weighted by Crippen LogP contribution is -2.47. The monoisotopic (exact) mass is 486 g/mol. The highest BCUT2D eigenvalue weighted by Gasteiger charge is 2.35. The molecule has 0 aliphatic carbocycles. The molecule has 9 nitrogen and oxygen atoms in total. The van der Waals surface area contributed by atoms with Crippen molar-refractivity contribution in [3.8, 4) is 5.75 Å². The van der Waals surface area contributed by atoms with Crippen LogP contribution in [0.3, 0.4) is 0 Å². The van der Waals surface area contributed by atoms with Crippen LogP contribution in [-0.2, 0) is 32.5 Å². The Morgan fingerprint density at radius 1 is 1.06 bits per heavy atom. The van der Waals surface area contributed by atoms with Crippen LogP contribution in [0.15, 0.2) is 47.4 Å². The number of nitrogens with zero attached hydrogens (tertiary/aromatic N) is 2. The summed E-state index contributed by atoms with van der Waals surface area (Å²) >= 11 is 0. The molecule has 2 atom stereocenters.